The first-order valence-corrected chi connectivity index (χ1v) is 7.11. The molecule has 0 atom stereocenters. The molecular formula is C12H18N2O5S. The third-order valence-corrected chi connectivity index (χ3v) is 3.27. The Bertz CT molecular complexity index is 477. The lowest BCUT2D eigenvalue weighted by molar-refractivity contribution is -0.133. The first-order chi connectivity index (χ1) is 9.63. The highest BCUT2D eigenvalue weighted by atomic mass is 32.2. The fourth-order valence-corrected chi connectivity index (χ4v) is 2.13. The third-order valence-electron chi connectivity index (χ3n) is 2.29. The number of rotatable bonds is 10. The lowest BCUT2D eigenvalue weighted by atomic mass is 10.4. The summed E-state index contributed by atoms with van der Waals surface area (Å²) in [6.45, 7) is 2.28. The highest BCUT2D eigenvalue weighted by Gasteiger charge is 2.06. The average molecular weight is 302 g/mol. The Hall–Kier alpha value is -1.38. The van der Waals surface area contributed by atoms with Crippen molar-refractivity contribution in [1.29, 1.82) is 0 Å². The molecule has 0 saturated carbocycles. The van der Waals surface area contributed by atoms with Crippen LogP contribution in [0, 0.1) is 0 Å². The van der Waals surface area contributed by atoms with Gasteiger partial charge < -0.3 is 19.1 Å². The lowest BCUT2D eigenvalue weighted by Crippen LogP contribution is -2.15. The van der Waals surface area contributed by atoms with Gasteiger partial charge in [-0.2, -0.15) is 4.98 Å². The Morgan fingerprint density at radius 2 is 2.25 bits per heavy atom. The van der Waals surface area contributed by atoms with Crippen molar-refractivity contribution in [1.82, 2.24) is 9.55 Å². The summed E-state index contributed by atoms with van der Waals surface area (Å²) in [5.41, 5.74) is -0.370. The standard InChI is InChI=1S/C12H18N2O5S/c1-18-7-8-19-6-2-4-14-5-3-10(15)13-12(14)20-9-11(16)17/h3,5H,2,4,6-9H2,1H3,(H,16,17). The molecule has 0 aromatic carbocycles. The molecule has 1 heterocycles. The molecule has 0 radical (unpaired) electrons. The number of carbonyl (C=O) groups is 1. The first-order valence-electron chi connectivity index (χ1n) is 6.12. The number of ether oxygens (including phenoxy) is 2. The van der Waals surface area contributed by atoms with Gasteiger partial charge in [0.2, 0.25) is 0 Å². The van der Waals surface area contributed by atoms with Crippen molar-refractivity contribution in [2.24, 2.45) is 0 Å². The fraction of sp³-hybridized carbons (Fsp3) is 0.583. The smallest absolute Gasteiger partial charge is 0.313 e. The van der Waals surface area contributed by atoms with E-state index in [9.17, 15) is 9.59 Å². The Kier molecular flexibility index (Phi) is 7.93. The van der Waals surface area contributed by atoms with E-state index in [1.54, 1.807) is 17.9 Å². The van der Waals surface area contributed by atoms with Crippen LogP contribution in [0.5, 0.6) is 0 Å². The SMILES string of the molecule is COCCOCCCn1ccc(=O)nc1SCC(=O)O. The minimum absolute atomic E-state index is 0.124. The van der Waals surface area contributed by atoms with Crippen LogP contribution in [0.1, 0.15) is 6.42 Å². The highest BCUT2D eigenvalue weighted by molar-refractivity contribution is 7.99. The van der Waals surface area contributed by atoms with E-state index >= 15 is 0 Å². The maximum Gasteiger partial charge on any atom is 0.313 e. The molecule has 1 aromatic rings. The lowest BCUT2D eigenvalue weighted by Gasteiger charge is -2.10. The Labute approximate surface area is 120 Å². The van der Waals surface area contributed by atoms with Crippen molar-refractivity contribution in [3.8, 4) is 0 Å². The van der Waals surface area contributed by atoms with Gasteiger partial charge in [0.1, 0.15) is 0 Å². The molecule has 20 heavy (non-hydrogen) atoms. The zero-order valence-electron chi connectivity index (χ0n) is 11.3. The Balaban J connectivity index is 2.47. The van der Waals surface area contributed by atoms with Crippen LogP contribution in [0.25, 0.3) is 0 Å². The molecule has 0 aliphatic heterocycles. The van der Waals surface area contributed by atoms with E-state index in [-0.39, 0.29) is 11.3 Å². The molecule has 8 heteroatoms. The van der Waals surface area contributed by atoms with Gasteiger partial charge >= 0.3 is 5.97 Å². The largest absolute Gasteiger partial charge is 0.481 e. The topological polar surface area (TPSA) is 90.7 Å². The number of hydrogen-bond donors (Lipinski definition) is 1. The monoisotopic (exact) mass is 302 g/mol. The van der Waals surface area contributed by atoms with Gasteiger partial charge in [0.05, 0.1) is 19.0 Å². The third kappa shape index (κ3) is 6.69. The second-order valence-electron chi connectivity index (χ2n) is 3.88. The summed E-state index contributed by atoms with van der Waals surface area (Å²) in [6.07, 6.45) is 2.36. The molecule has 0 aliphatic rings. The van der Waals surface area contributed by atoms with Gasteiger partial charge in [0.25, 0.3) is 5.56 Å². The molecule has 0 unspecified atom stereocenters. The number of nitrogens with zero attached hydrogens (tertiary/aromatic N) is 2. The zero-order valence-corrected chi connectivity index (χ0v) is 12.1. The summed E-state index contributed by atoms with van der Waals surface area (Å²) in [5, 5.41) is 9.08. The molecule has 7 nitrogen and oxygen atoms in total. The molecule has 0 fully saturated rings. The van der Waals surface area contributed by atoms with Gasteiger partial charge in [-0.25, -0.2) is 0 Å². The number of aliphatic carboxylic acids is 1. The van der Waals surface area contributed by atoms with E-state index in [4.69, 9.17) is 14.6 Å². The van der Waals surface area contributed by atoms with Crippen molar-refractivity contribution >= 4 is 17.7 Å². The number of aryl methyl sites for hydroxylation is 1. The van der Waals surface area contributed by atoms with Crippen LogP contribution in [0.4, 0.5) is 0 Å². The summed E-state index contributed by atoms with van der Waals surface area (Å²) in [7, 11) is 1.61. The predicted octanol–water partition coefficient (Wildman–Crippen LogP) is 0.473. The van der Waals surface area contributed by atoms with Crippen LogP contribution in [0.3, 0.4) is 0 Å². The van der Waals surface area contributed by atoms with Crippen LogP contribution >= 0.6 is 11.8 Å². The van der Waals surface area contributed by atoms with Gasteiger partial charge in [-0.15, -0.1) is 0 Å². The predicted molar refractivity (Wildman–Crippen MR) is 74.2 cm³/mol. The molecule has 1 N–H and O–H groups in total. The molecule has 1 rings (SSSR count). The van der Waals surface area contributed by atoms with Crippen molar-refractivity contribution < 1.29 is 19.4 Å². The van der Waals surface area contributed by atoms with E-state index in [2.05, 4.69) is 4.98 Å². The molecule has 112 valence electrons. The number of carboxylic acids is 1. The van der Waals surface area contributed by atoms with Gasteiger partial charge in [0, 0.05) is 32.5 Å². The molecule has 0 saturated heterocycles. The normalized spacial score (nSPS) is 10.7. The minimum Gasteiger partial charge on any atom is -0.481 e. The van der Waals surface area contributed by atoms with Crippen LogP contribution in [0.2, 0.25) is 0 Å². The van der Waals surface area contributed by atoms with Crippen molar-refractivity contribution in [2.45, 2.75) is 18.1 Å². The first kappa shape index (κ1) is 16.7. The van der Waals surface area contributed by atoms with Crippen molar-refractivity contribution in [3.63, 3.8) is 0 Å². The number of aromatic nitrogens is 2. The highest BCUT2D eigenvalue weighted by Crippen LogP contribution is 2.13. The van der Waals surface area contributed by atoms with E-state index in [0.29, 0.717) is 31.5 Å². The van der Waals surface area contributed by atoms with Gasteiger partial charge in [0.15, 0.2) is 5.16 Å². The van der Waals surface area contributed by atoms with Crippen LogP contribution in [-0.2, 0) is 20.8 Å². The molecule has 1 aromatic heterocycles. The minimum atomic E-state index is -0.942. The van der Waals surface area contributed by atoms with Crippen LogP contribution in [0.15, 0.2) is 22.2 Å². The van der Waals surface area contributed by atoms with E-state index in [1.807, 2.05) is 0 Å². The maximum atomic E-state index is 11.2. The fourth-order valence-electron chi connectivity index (χ4n) is 1.41. The summed E-state index contributed by atoms with van der Waals surface area (Å²) >= 11 is 1.03. The molecule has 0 spiro atoms. The van der Waals surface area contributed by atoms with Crippen molar-refractivity contribution in [3.05, 3.63) is 22.6 Å². The molecule has 0 aliphatic carbocycles. The summed E-state index contributed by atoms with van der Waals surface area (Å²) < 4.78 is 12.0. The quantitative estimate of drug-likeness (QED) is 0.382. The second-order valence-corrected chi connectivity index (χ2v) is 4.83. The summed E-state index contributed by atoms with van der Waals surface area (Å²) in [6, 6.07) is 1.36. The van der Waals surface area contributed by atoms with Crippen LogP contribution in [-0.4, -0.2) is 53.3 Å². The zero-order chi connectivity index (χ0) is 14.8. The van der Waals surface area contributed by atoms with Gasteiger partial charge in [-0.3, -0.25) is 9.59 Å². The summed E-state index contributed by atoms with van der Waals surface area (Å²) in [4.78, 5) is 25.6. The maximum absolute atomic E-state index is 11.2. The number of carboxylic acid groups (broad SMARTS) is 1. The van der Waals surface area contributed by atoms with Crippen molar-refractivity contribution in [2.75, 3.05) is 32.7 Å². The second kappa shape index (κ2) is 9.51. The van der Waals surface area contributed by atoms with Crippen LogP contribution < -0.4 is 5.56 Å². The van der Waals surface area contributed by atoms with Gasteiger partial charge in [-0.1, -0.05) is 11.8 Å². The van der Waals surface area contributed by atoms with E-state index in [0.717, 1.165) is 18.2 Å². The Morgan fingerprint density at radius 1 is 1.45 bits per heavy atom. The van der Waals surface area contributed by atoms with E-state index < -0.39 is 5.97 Å². The number of hydrogen-bond acceptors (Lipinski definition) is 6. The van der Waals surface area contributed by atoms with E-state index in [1.165, 1.54) is 6.07 Å². The number of thioether (sulfide) groups is 1. The molecular weight excluding hydrogens is 284 g/mol. The Morgan fingerprint density at radius 3 is 2.95 bits per heavy atom. The van der Waals surface area contributed by atoms with Gasteiger partial charge in [-0.05, 0) is 6.42 Å². The average Bonchev–Trinajstić information content (AvgIpc) is 2.42. The summed E-state index contributed by atoms with van der Waals surface area (Å²) in [5.74, 6) is -1.07. The molecule has 0 bridgehead atoms. The number of methoxy groups -OCH3 is 1. The molecule has 0 amide bonds.